The third kappa shape index (κ3) is 2.95. The molecule has 0 spiro atoms. The second kappa shape index (κ2) is 7.11. The molecule has 0 aliphatic carbocycles. The average Bonchev–Trinajstić information content (AvgIpc) is 2.72. The number of benzene rings is 3. The molecular weight excluding hydrogens is 376 g/mol. The number of H-pyrrole nitrogens is 1. The normalized spacial score (nSPS) is 11.1. The summed E-state index contributed by atoms with van der Waals surface area (Å²) in [7, 11) is 1.33. The lowest BCUT2D eigenvalue weighted by Gasteiger charge is -2.13. The lowest BCUT2D eigenvalue weighted by Crippen LogP contribution is -2.09. The third-order valence-electron chi connectivity index (χ3n) is 4.87. The van der Waals surface area contributed by atoms with E-state index in [1.165, 1.54) is 7.11 Å². The highest BCUT2D eigenvalue weighted by Crippen LogP contribution is 2.34. The number of carbonyl (C=O) groups excluding carboxylic acids is 1. The van der Waals surface area contributed by atoms with Crippen molar-refractivity contribution in [2.45, 2.75) is 6.54 Å². The van der Waals surface area contributed by atoms with Crippen molar-refractivity contribution >= 4 is 39.1 Å². The van der Waals surface area contributed by atoms with E-state index in [-0.39, 0.29) is 5.56 Å². The van der Waals surface area contributed by atoms with E-state index in [1.807, 2.05) is 24.3 Å². The fraction of sp³-hybridized carbons (Fsp3) is 0.0909. The van der Waals surface area contributed by atoms with Crippen LogP contribution in [-0.4, -0.2) is 18.1 Å². The Balaban J connectivity index is 2.15. The Hall–Kier alpha value is -3.15. The predicted octanol–water partition coefficient (Wildman–Crippen LogP) is 4.25. The Bertz CT molecular complexity index is 1280. The number of carbonyl (C=O) groups is 1. The van der Waals surface area contributed by atoms with E-state index >= 15 is 0 Å². The van der Waals surface area contributed by atoms with Crippen LogP contribution in [0, 0.1) is 0 Å². The summed E-state index contributed by atoms with van der Waals surface area (Å²) in [6.45, 7) is 0.447. The van der Waals surface area contributed by atoms with Gasteiger partial charge in [0.15, 0.2) is 0 Å². The lowest BCUT2D eigenvalue weighted by molar-refractivity contribution is 0.0603. The summed E-state index contributed by atoms with van der Waals surface area (Å²) in [6.07, 6.45) is 1.65. The molecule has 0 radical (unpaired) electrons. The minimum Gasteiger partial charge on any atom is -0.465 e. The number of methoxy groups -OCH3 is 1. The SMILES string of the molecule is COC(=O)c1cc2c(-c3ccc(CN)cc3)c[nH]c(=O)c2c2cc(Cl)ccc12. The van der Waals surface area contributed by atoms with Crippen LogP contribution in [-0.2, 0) is 11.3 Å². The van der Waals surface area contributed by atoms with Crippen molar-refractivity contribution in [3.05, 3.63) is 81.2 Å². The van der Waals surface area contributed by atoms with Gasteiger partial charge in [-0.2, -0.15) is 0 Å². The minimum atomic E-state index is -0.473. The number of aromatic amines is 1. The molecule has 0 amide bonds. The van der Waals surface area contributed by atoms with Crippen LogP contribution >= 0.6 is 11.6 Å². The van der Waals surface area contributed by atoms with Crippen LogP contribution in [0.3, 0.4) is 0 Å². The summed E-state index contributed by atoms with van der Waals surface area (Å²) in [4.78, 5) is 27.9. The van der Waals surface area contributed by atoms with Crippen LogP contribution in [0.15, 0.2) is 59.5 Å². The first kappa shape index (κ1) is 18.2. The van der Waals surface area contributed by atoms with Gasteiger partial charge in [-0.15, -0.1) is 0 Å². The van der Waals surface area contributed by atoms with Crippen LogP contribution in [0.25, 0.3) is 32.7 Å². The van der Waals surface area contributed by atoms with Crippen molar-refractivity contribution in [2.75, 3.05) is 7.11 Å². The van der Waals surface area contributed by atoms with Gasteiger partial charge < -0.3 is 15.5 Å². The third-order valence-corrected chi connectivity index (χ3v) is 5.11. The highest BCUT2D eigenvalue weighted by atomic mass is 35.5. The Morgan fingerprint density at radius 3 is 2.50 bits per heavy atom. The molecule has 3 aromatic carbocycles. The molecule has 5 nitrogen and oxygen atoms in total. The molecule has 1 heterocycles. The first-order valence-electron chi connectivity index (χ1n) is 8.69. The Morgan fingerprint density at radius 1 is 1.07 bits per heavy atom. The van der Waals surface area contributed by atoms with Crippen LogP contribution in [0.1, 0.15) is 15.9 Å². The fourth-order valence-corrected chi connectivity index (χ4v) is 3.65. The zero-order valence-electron chi connectivity index (χ0n) is 15.1. The number of hydrogen-bond acceptors (Lipinski definition) is 4. The topological polar surface area (TPSA) is 85.2 Å². The number of rotatable bonds is 3. The predicted molar refractivity (Wildman–Crippen MR) is 112 cm³/mol. The second-order valence-corrected chi connectivity index (χ2v) is 6.90. The minimum absolute atomic E-state index is 0.249. The maximum absolute atomic E-state index is 12.7. The van der Waals surface area contributed by atoms with Gasteiger partial charge in [-0.05, 0) is 45.5 Å². The van der Waals surface area contributed by atoms with E-state index < -0.39 is 5.97 Å². The Labute approximate surface area is 165 Å². The molecule has 0 saturated carbocycles. The van der Waals surface area contributed by atoms with E-state index in [2.05, 4.69) is 4.98 Å². The second-order valence-electron chi connectivity index (χ2n) is 6.46. The summed E-state index contributed by atoms with van der Waals surface area (Å²) in [5.74, 6) is -0.473. The average molecular weight is 393 g/mol. The van der Waals surface area contributed by atoms with E-state index in [0.29, 0.717) is 38.7 Å². The van der Waals surface area contributed by atoms with Crippen molar-refractivity contribution in [1.29, 1.82) is 0 Å². The van der Waals surface area contributed by atoms with Crippen LogP contribution in [0.5, 0.6) is 0 Å². The zero-order chi connectivity index (χ0) is 19.8. The number of hydrogen-bond donors (Lipinski definition) is 2. The van der Waals surface area contributed by atoms with Gasteiger partial charge in [0.25, 0.3) is 5.56 Å². The molecule has 0 aliphatic heterocycles. The molecule has 0 atom stereocenters. The molecule has 0 unspecified atom stereocenters. The summed E-state index contributed by atoms with van der Waals surface area (Å²) in [6, 6.07) is 14.6. The fourth-order valence-electron chi connectivity index (χ4n) is 3.48. The number of pyridine rings is 1. The Kier molecular flexibility index (Phi) is 4.63. The maximum atomic E-state index is 12.7. The molecular formula is C22H17ClN2O3. The first-order chi connectivity index (χ1) is 13.5. The van der Waals surface area contributed by atoms with Gasteiger partial charge in [-0.3, -0.25) is 4.79 Å². The zero-order valence-corrected chi connectivity index (χ0v) is 15.8. The quantitative estimate of drug-likeness (QED) is 0.403. The molecule has 28 heavy (non-hydrogen) atoms. The summed E-state index contributed by atoms with van der Waals surface area (Å²) >= 11 is 6.19. The van der Waals surface area contributed by atoms with Gasteiger partial charge in [0.2, 0.25) is 0 Å². The number of halogens is 1. The molecule has 0 aliphatic rings. The number of nitrogens with one attached hydrogen (secondary N) is 1. The van der Waals surface area contributed by atoms with Gasteiger partial charge in [-0.1, -0.05) is 41.9 Å². The van der Waals surface area contributed by atoms with Gasteiger partial charge in [-0.25, -0.2) is 4.79 Å². The summed E-state index contributed by atoms with van der Waals surface area (Å²) < 4.78 is 4.96. The number of aromatic nitrogens is 1. The van der Waals surface area contributed by atoms with Gasteiger partial charge >= 0.3 is 5.97 Å². The molecule has 6 heteroatoms. The van der Waals surface area contributed by atoms with Crippen LogP contribution in [0.2, 0.25) is 5.02 Å². The van der Waals surface area contributed by atoms with Crippen molar-refractivity contribution in [3.63, 3.8) is 0 Å². The van der Waals surface area contributed by atoms with E-state index in [1.54, 1.807) is 30.5 Å². The number of nitrogens with two attached hydrogens (primary N) is 1. The van der Waals surface area contributed by atoms with Gasteiger partial charge in [0.05, 0.1) is 18.1 Å². The summed E-state index contributed by atoms with van der Waals surface area (Å²) in [5.41, 5.74) is 8.51. The van der Waals surface area contributed by atoms with Gasteiger partial charge in [0.1, 0.15) is 0 Å². The molecule has 4 rings (SSSR count). The van der Waals surface area contributed by atoms with E-state index in [9.17, 15) is 9.59 Å². The molecule has 4 aromatic rings. The largest absolute Gasteiger partial charge is 0.465 e. The monoisotopic (exact) mass is 392 g/mol. The van der Waals surface area contributed by atoms with Crippen LogP contribution < -0.4 is 11.3 Å². The van der Waals surface area contributed by atoms with E-state index in [4.69, 9.17) is 22.1 Å². The first-order valence-corrected chi connectivity index (χ1v) is 9.06. The van der Waals surface area contributed by atoms with Crippen molar-refractivity contribution in [3.8, 4) is 11.1 Å². The standard InChI is InChI=1S/C22H17ClN2O3/c1-28-22(27)18-9-17-19(13-4-2-12(10-24)3-5-13)11-25-21(26)20(17)16-8-14(23)6-7-15(16)18/h2-9,11H,10,24H2,1H3,(H,25,26). The highest BCUT2D eigenvalue weighted by Gasteiger charge is 2.18. The highest BCUT2D eigenvalue weighted by molar-refractivity contribution is 6.32. The number of fused-ring (bicyclic) bond motifs is 3. The molecule has 3 N–H and O–H groups in total. The molecule has 1 aromatic heterocycles. The van der Waals surface area contributed by atoms with Crippen molar-refractivity contribution < 1.29 is 9.53 Å². The van der Waals surface area contributed by atoms with Crippen LogP contribution in [0.4, 0.5) is 0 Å². The van der Waals surface area contributed by atoms with Gasteiger partial charge in [0, 0.05) is 23.3 Å². The molecule has 0 saturated heterocycles. The molecule has 140 valence electrons. The molecule has 0 fully saturated rings. The number of esters is 1. The Morgan fingerprint density at radius 2 is 1.82 bits per heavy atom. The van der Waals surface area contributed by atoms with Crippen molar-refractivity contribution in [1.82, 2.24) is 4.98 Å². The molecule has 0 bridgehead atoms. The maximum Gasteiger partial charge on any atom is 0.338 e. The smallest absolute Gasteiger partial charge is 0.338 e. The van der Waals surface area contributed by atoms with E-state index in [0.717, 1.165) is 16.7 Å². The lowest BCUT2D eigenvalue weighted by atomic mass is 9.93. The number of ether oxygens (including phenoxy) is 1. The van der Waals surface area contributed by atoms with Crippen molar-refractivity contribution in [2.24, 2.45) is 5.73 Å². The summed E-state index contributed by atoms with van der Waals surface area (Å²) in [5, 5.41) is 2.83.